The van der Waals surface area contributed by atoms with E-state index >= 15 is 0 Å². The molecule has 23 heavy (non-hydrogen) atoms. The molecule has 4 rings (SSSR count). The van der Waals surface area contributed by atoms with E-state index in [1.807, 2.05) is 0 Å². The van der Waals surface area contributed by atoms with Gasteiger partial charge in [-0.25, -0.2) is 0 Å². The molecule has 2 fully saturated rings. The van der Waals surface area contributed by atoms with Gasteiger partial charge in [0.25, 0.3) is 0 Å². The Bertz CT molecular complexity index is 601. The van der Waals surface area contributed by atoms with E-state index in [1.54, 1.807) is 6.92 Å². The lowest BCUT2D eigenvalue weighted by Gasteiger charge is -2.57. The monoisotopic (exact) mass is 314 g/mol. The van der Waals surface area contributed by atoms with E-state index in [2.05, 4.69) is 26.0 Å². The predicted molar refractivity (Wildman–Crippen MR) is 91.9 cm³/mol. The summed E-state index contributed by atoms with van der Waals surface area (Å²) in [6.07, 6.45) is 12.2. The first-order valence-corrected chi connectivity index (χ1v) is 9.45. The number of fused-ring (bicyclic) bond motifs is 5. The van der Waals surface area contributed by atoms with Gasteiger partial charge in [0.05, 0.1) is 6.10 Å². The van der Waals surface area contributed by atoms with E-state index in [0.29, 0.717) is 17.3 Å². The number of carbonyl (C=O) groups is 1. The maximum atomic E-state index is 12.1. The second-order valence-corrected chi connectivity index (χ2v) is 9.02. The maximum absolute atomic E-state index is 12.1. The second kappa shape index (κ2) is 5.05. The van der Waals surface area contributed by atoms with Gasteiger partial charge in [0, 0.05) is 0 Å². The topological polar surface area (TPSA) is 37.3 Å². The fourth-order valence-electron chi connectivity index (χ4n) is 6.75. The molecular formula is C21H30O2. The van der Waals surface area contributed by atoms with Gasteiger partial charge in [-0.15, -0.1) is 0 Å². The minimum Gasteiger partial charge on any atom is -0.393 e. The Morgan fingerprint density at radius 1 is 1.09 bits per heavy atom. The number of hydrogen-bond acceptors (Lipinski definition) is 2. The molecule has 2 heteroatoms. The summed E-state index contributed by atoms with van der Waals surface area (Å²) in [6, 6.07) is 0. The zero-order valence-electron chi connectivity index (χ0n) is 14.8. The number of ketones is 1. The van der Waals surface area contributed by atoms with Crippen molar-refractivity contribution in [3.05, 3.63) is 23.3 Å². The van der Waals surface area contributed by atoms with E-state index in [-0.39, 0.29) is 17.3 Å². The molecule has 0 amide bonds. The number of allylic oxidation sites excluding steroid dienone is 3. The number of carbonyl (C=O) groups excluding carboxylic acids is 1. The number of rotatable bonds is 1. The molecule has 1 N–H and O–H groups in total. The molecule has 0 heterocycles. The molecule has 0 aliphatic heterocycles. The van der Waals surface area contributed by atoms with Gasteiger partial charge in [0.2, 0.25) is 0 Å². The Morgan fingerprint density at radius 2 is 1.83 bits per heavy atom. The third-order valence-electron chi connectivity index (χ3n) is 8.04. The molecule has 4 aliphatic carbocycles. The molecule has 0 aromatic heterocycles. The molecule has 0 spiro atoms. The zero-order valence-corrected chi connectivity index (χ0v) is 14.8. The highest BCUT2D eigenvalue weighted by Crippen LogP contribution is 2.64. The van der Waals surface area contributed by atoms with Crippen molar-refractivity contribution in [3.63, 3.8) is 0 Å². The predicted octanol–water partition coefficient (Wildman–Crippen LogP) is 4.44. The fourth-order valence-corrected chi connectivity index (χ4v) is 6.75. The molecule has 0 aromatic carbocycles. The summed E-state index contributed by atoms with van der Waals surface area (Å²) in [6.45, 7) is 6.55. The molecule has 0 aromatic rings. The highest BCUT2D eigenvalue weighted by molar-refractivity contribution is 5.95. The zero-order chi connectivity index (χ0) is 16.4. The maximum Gasteiger partial charge on any atom is 0.156 e. The van der Waals surface area contributed by atoms with Crippen molar-refractivity contribution in [2.24, 2.45) is 28.6 Å². The fraction of sp³-hybridized carbons (Fsp3) is 0.762. The summed E-state index contributed by atoms with van der Waals surface area (Å²) in [7, 11) is 0. The average molecular weight is 314 g/mol. The first-order valence-electron chi connectivity index (χ1n) is 9.45. The van der Waals surface area contributed by atoms with Crippen LogP contribution < -0.4 is 0 Å². The quantitative estimate of drug-likeness (QED) is 0.727. The number of hydrogen-bond donors (Lipinski definition) is 1. The second-order valence-electron chi connectivity index (χ2n) is 9.02. The van der Waals surface area contributed by atoms with E-state index in [0.717, 1.165) is 50.0 Å². The van der Waals surface area contributed by atoms with Crippen LogP contribution in [-0.2, 0) is 4.79 Å². The van der Waals surface area contributed by atoms with Crippen molar-refractivity contribution in [2.45, 2.75) is 71.8 Å². The Labute approximate surface area is 140 Å². The molecule has 0 unspecified atom stereocenters. The van der Waals surface area contributed by atoms with Gasteiger partial charge in [0.15, 0.2) is 5.78 Å². The highest BCUT2D eigenvalue weighted by Gasteiger charge is 2.57. The summed E-state index contributed by atoms with van der Waals surface area (Å²) in [5.41, 5.74) is 3.05. The first-order chi connectivity index (χ1) is 10.9. The summed E-state index contributed by atoms with van der Waals surface area (Å²) in [4.78, 5) is 12.1. The molecule has 0 saturated heterocycles. The van der Waals surface area contributed by atoms with Crippen molar-refractivity contribution in [1.29, 1.82) is 0 Å². The lowest BCUT2D eigenvalue weighted by atomic mass is 9.47. The number of aliphatic hydroxyl groups excluding tert-OH is 1. The van der Waals surface area contributed by atoms with Gasteiger partial charge >= 0.3 is 0 Å². The first kappa shape index (κ1) is 15.6. The number of Topliss-reactive ketones (excluding diaryl/α,β-unsaturated/α-hetero) is 1. The minimum absolute atomic E-state index is 0.114. The lowest BCUT2D eigenvalue weighted by Crippen LogP contribution is -2.50. The van der Waals surface area contributed by atoms with E-state index in [4.69, 9.17) is 0 Å². The van der Waals surface area contributed by atoms with Gasteiger partial charge in [-0.2, -0.15) is 0 Å². The van der Waals surface area contributed by atoms with E-state index < -0.39 is 0 Å². The van der Waals surface area contributed by atoms with Crippen molar-refractivity contribution in [2.75, 3.05) is 0 Å². The Kier molecular flexibility index (Phi) is 3.43. The van der Waals surface area contributed by atoms with Crippen LogP contribution in [0, 0.1) is 28.6 Å². The standard InChI is InChI=1S/C21H30O2/c1-13(22)17-6-7-18-16-5-4-14-12-15(23)8-10-20(14,2)19(16)9-11-21(17,18)3/h4,6,15-16,18-19,23H,5,7-12H2,1-3H3/t15-,16+,18+,19+,20-,21-/m0/s1. The SMILES string of the molecule is CC(=O)C1=CC[C@@H]2[C@H]3CC=C4C[C@@H](O)CC[C@]4(C)[C@@H]3CC[C@@]12C. The van der Waals surface area contributed by atoms with Crippen molar-refractivity contribution < 1.29 is 9.90 Å². The summed E-state index contributed by atoms with van der Waals surface area (Å²) >= 11 is 0. The van der Waals surface area contributed by atoms with Crippen LogP contribution in [0.15, 0.2) is 23.3 Å². The summed E-state index contributed by atoms with van der Waals surface area (Å²) < 4.78 is 0. The van der Waals surface area contributed by atoms with Crippen LogP contribution in [-0.4, -0.2) is 17.0 Å². The van der Waals surface area contributed by atoms with Crippen molar-refractivity contribution in [3.8, 4) is 0 Å². The average Bonchev–Trinajstić information content (AvgIpc) is 2.85. The molecule has 2 saturated carbocycles. The Hall–Kier alpha value is -0.890. The third-order valence-corrected chi connectivity index (χ3v) is 8.04. The van der Waals surface area contributed by atoms with Crippen molar-refractivity contribution in [1.82, 2.24) is 0 Å². The van der Waals surface area contributed by atoms with Crippen LogP contribution in [0.2, 0.25) is 0 Å². The van der Waals surface area contributed by atoms with Gasteiger partial charge < -0.3 is 5.11 Å². The van der Waals surface area contributed by atoms with Crippen LogP contribution in [0.5, 0.6) is 0 Å². The normalized spacial score (nSPS) is 48.7. The van der Waals surface area contributed by atoms with Crippen LogP contribution in [0.25, 0.3) is 0 Å². The van der Waals surface area contributed by atoms with Crippen LogP contribution in [0.4, 0.5) is 0 Å². The molecule has 126 valence electrons. The van der Waals surface area contributed by atoms with Gasteiger partial charge in [-0.05, 0) is 86.0 Å². The molecule has 6 atom stereocenters. The van der Waals surface area contributed by atoms with Gasteiger partial charge in [0.1, 0.15) is 0 Å². The molecule has 0 radical (unpaired) electrons. The van der Waals surface area contributed by atoms with Gasteiger partial charge in [-0.3, -0.25) is 4.79 Å². The van der Waals surface area contributed by atoms with Crippen LogP contribution >= 0.6 is 0 Å². The lowest BCUT2D eigenvalue weighted by molar-refractivity contribution is -0.115. The van der Waals surface area contributed by atoms with Crippen molar-refractivity contribution >= 4 is 5.78 Å². The van der Waals surface area contributed by atoms with Gasteiger partial charge in [-0.1, -0.05) is 31.6 Å². The highest BCUT2D eigenvalue weighted by atomic mass is 16.3. The molecule has 2 nitrogen and oxygen atoms in total. The number of aliphatic hydroxyl groups is 1. The van der Waals surface area contributed by atoms with E-state index in [9.17, 15) is 9.90 Å². The summed E-state index contributed by atoms with van der Waals surface area (Å²) in [5.74, 6) is 2.38. The van der Waals surface area contributed by atoms with E-state index in [1.165, 1.54) is 12.0 Å². The smallest absolute Gasteiger partial charge is 0.156 e. The minimum atomic E-state index is -0.128. The summed E-state index contributed by atoms with van der Waals surface area (Å²) in [5, 5.41) is 10.1. The molecule has 0 bridgehead atoms. The van der Waals surface area contributed by atoms with Crippen LogP contribution in [0.1, 0.15) is 65.7 Å². The molecule has 4 aliphatic rings. The van der Waals surface area contributed by atoms with Crippen LogP contribution in [0.3, 0.4) is 0 Å². The molecular weight excluding hydrogens is 284 g/mol. The Morgan fingerprint density at radius 3 is 2.57 bits per heavy atom. The Balaban J connectivity index is 1.67. The third kappa shape index (κ3) is 2.06. The largest absolute Gasteiger partial charge is 0.393 e.